The second-order valence-corrected chi connectivity index (χ2v) is 3.42. The summed E-state index contributed by atoms with van der Waals surface area (Å²) in [5, 5.41) is 7.71. The van der Waals surface area contributed by atoms with Crippen LogP contribution >= 0.6 is 0 Å². The number of aromatic nitrogens is 2. The molecule has 5 nitrogen and oxygen atoms in total. The van der Waals surface area contributed by atoms with Crippen LogP contribution in [-0.2, 0) is 4.74 Å². The van der Waals surface area contributed by atoms with Gasteiger partial charge in [0.2, 0.25) is 0 Å². The first kappa shape index (κ1) is 11.1. The van der Waals surface area contributed by atoms with Crippen molar-refractivity contribution in [3.63, 3.8) is 0 Å². The zero-order chi connectivity index (χ0) is 12.3. The standard InChI is InChI=1S/C12H11N3O2/c1-17-12(16)9-4-2-3-8(7-9)10-5-6-11(13)15-14-10/h2-7H,1H3,(H2,13,15). The number of ether oxygens (including phenoxy) is 1. The molecular weight excluding hydrogens is 218 g/mol. The highest BCUT2D eigenvalue weighted by molar-refractivity contribution is 5.90. The van der Waals surface area contributed by atoms with Gasteiger partial charge in [0.15, 0.2) is 0 Å². The number of carbonyl (C=O) groups excluding carboxylic acids is 1. The normalized spacial score (nSPS) is 9.94. The molecule has 0 fully saturated rings. The van der Waals surface area contributed by atoms with Gasteiger partial charge in [-0.2, -0.15) is 0 Å². The molecular formula is C12H11N3O2. The lowest BCUT2D eigenvalue weighted by Gasteiger charge is -2.03. The number of anilines is 1. The van der Waals surface area contributed by atoms with Gasteiger partial charge in [0.05, 0.1) is 18.4 Å². The number of benzene rings is 1. The average molecular weight is 229 g/mol. The van der Waals surface area contributed by atoms with E-state index in [1.165, 1.54) is 7.11 Å². The van der Waals surface area contributed by atoms with E-state index in [4.69, 9.17) is 5.73 Å². The number of methoxy groups -OCH3 is 1. The molecule has 2 N–H and O–H groups in total. The highest BCUT2D eigenvalue weighted by Crippen LogP contribution is 2.18. The Morgan fingerprint density at radius 3 is 2.71 bits per heavy atom. The predicted octanol–water partition coefficient (Wildman–Crippen LogP) is 1.51. The van der Waals surface area contributed by atoms with Crippen LogP contribution in [0.2, 0.25) is 0 Å². The number of rotatable bonds is 2. The van der Waals surface area contributed by atoms with Crippen LogP contribution in [-0.4, -0.2) is 23.3 Å². The maximum Gasteiger partial charge on any atom is 0.337 e. The van der Waals surface area contributed by atoms with Crippen molar-refractivity contribution in [2.75, 3.05) is 12.8 Å². The van der Waals surface area contributed by atoms with Gasteiger partial charge < -0.3 is 10.5 Å². The van der Waals surface area contributed by atoms with Crippen molar-refractivity contribution < 1.29 is 9.53 Å². The maximum atomic E-state index is 11.4. The van der Waals surface area contributed by atoms with Gasteiger partial charge in [0, 0.05) is 5.56 Å². The monoisotopic (exact) mass is 229 g/mol. The van der Waals surface area contributed by atoms with Gasteiger partial charge >= 0.3 is 5.97 Å². The lowest BCUT2D eigenvalue weighted by molar-refractivity contribution is 0.0601. The summed E-state index contributed by atoms with van der Waals surface area (Å²) in [6, 6.07) is 10.4. The van der Waals surface area contributed by atoms with E-state index < -0.39 is 0 Å². The highest BCUT2D eigenvalue weighted by Gasteiger charge is 2.07. The van der Waals surface area contributed by atoms with Crippen LogP contribution in [0.3, 0.4) is 0 Å². The van der Waals surface area contributed by atoms with Crippen molar-refractivity contribution in [1.29, 1.82) is 0 Å². The zero-order valence-corrected chi connectivity index (χ0v) is 9.25. The number of nitrogens with two attached hydrogens (primary N) is 1. The minimum absolute atomic E-state index is 0.359. The lowest BCUT2D eigenvalue weighted by atomic mass is 10.1. The molecule has 0 unspecified atom stereocenters. The molecule has 0 aliphatic rings. The van der Waals surface area contributed by atoms with Crippen LogP contribution < -0.4 is 5.73 Å². The van der Waals surface area contributed by atoms with Crippen LogP contribution in [0.5, 0.6) is 0 Å². The fraction of sp³-hybridized carbons (Fsp3) is 0.0833. The summed E-state index contributed by atoms with van der Waals surface area (Å²) in [5.41, 5.74) is 7.38. The Hall–Kier alpha value is -2.43. The van der Waals surface area contributed by atoms with Gasteiger partial charge in [-0.1, -0.05) is 12.1 Å². The van der Waals surface area contributed by atoms with Crippen LogP contribution in [0.1, 0.15) is 10.4 Å². The fourth-order valence-corrected chi connectivity index (χ4v) is 1.42. The molecule has 1 aromatic heterocycles. The minimum Gasteiger partial charge on any atom is -0.465 e. The summed E-state index contributed by atoms with van der Waals surface area (Å²) in [4.78, 5) is 11.4. The number of nitrogens with zero attached hydrogens (tertiary/aromatic N) is 2. The van der Waals surface area contributed by atoms with Crippen LogP contribution in [0.25, 0.3) is 11.3 Å². The quantitative estimate of drug-likeness (QED) is 0.790. The van der Waals surface area contributed by atoms with Gasteiger partial charge in [0.1, 0.15) is 5.82 Å². The maximum absolute atomic E-state index is 11.4. The van der Waals surface area contributed by atoms with Crippen molar-refractivity contribution in [1.82, 2.24) is 10.2 Å². The third-order valence-electron chi connectivity index (χ3n) is 2.26. The fourth-order valence-electron chi connectivity index (χ4n) is 1.42. The first-order valence-corrected chi connectivity index (χ1v) is 4.98. The Labute approximate surface area is 98.2 Å². The molecule has 2 aromatic rings. The molecule has 2 rings (SSSR count). The molecule has 0 saturated heterocycles. The topological polar surface area (TPSA) is 78.1 Å². The number of hydrogen-bond donors (Lipinski definition) is 1. The Morgan fingerprint density at radius 2 is 2.06 bits per heavy atom. The molecule has 0 radical (unpaired) electrons. The van der Waals surface area contributed by atoms with E-state index in [2.05, 4.69) is 14.9 Å². The van der Waals surface area contributed by atoms with E-state index in [-0.39, 0.29) is 5.97 Å². The summed E-state index contributed by atoms with van der Waals surface area (Å²) in [6.07, 6.45) is 0. The van der Waals surface area contributed by atoms with Crippen molar-refractivity contribution >= 4 is 11.8 Å². The summed E-state index contributed by atoms with van der Waals surface area (Å²) >= 11 is 0. The van der Waals surface area contributed by atoms with E-state index in [0.29, 0.717) is 17.1 Å². The second kappa shape index (κ2) is 4.61. The first-order valence-electron chi connectivity index (χ1n) is 4.98. The number of nitrogen functional groups attached to an aromatic ring is 1. The molecule has 5 heteroatoms. The Bertz CT molecular complexity index is 538. The summed E-state index contributed by atoms with van der Waals surface area (Å²) < 4.78 is 4.65. The number of carbonyl (C=O) groups is 1. The van der Waals surface area contributed by atoms with Crippen molar-refractivity contribution in [2.24, 2.45) is 0 Å². The molecule has 1 heterocycles. The lowest BCUT2D eigenvalue weighted by Crippen LogP contribution is -2.01. The first-order chi connectivity index (χ1) is 8.20. The van der Waals surface area contributed by atoms with Crippen LogP contribution in [0.4, 0.5) is 5.82 Å². The van der Waals surface area contributed by atoms with Gasteiger partial charge in [0.25, 0.3) is 0 Å². The SMILES string of the molecule is COC(=O)c1cccc(-c2ccc(N)nn2)c1. The van der Waals surface area contributed by atoms with E-state index in [9.17, 15) is 4.79 Å². The highest BCUT2D eigenvalue weighted by atomic mass is 16.5. The average Bonchev–Trinajstić information content (AvgIpc) is 2.39. The molecule has 0 bridgehead atoms. The molecule has 0 amide bonds. The predicted molar refractivity (Wildman–Crippen MR) is 63.2 cm³/mol. The number of esters is 1. The third-order valence-corrected chi connectivity index (χ3v) is 2.26. The van der Waals surface area contributed by atoms with E-state index in [0.717, 1.165) is 5.56 Å². The van der Waals surface area contributed by atoms with E-state index in [1.807, 2.05) is 6.07 Å². The Morgan fingerprint density at radius 1 is 1.24 bits per heavy atom. The van der Waals surface area contributed by atoms with Crippen molar-refractivity contribution in [3.8, 4) is 11.3 Å². The third kappa shape index (κ3) is 2.39. The van der Waals surface area contributed by atoms with Gasteiger partial charge in [-0.3, -0.25) is 0 Å². The van der Waals surface area contributed by atoms with Crippen molar-refractivity contribution in [2.45, 2.75) is 0 Å². The van der Waals surface area contributed by atoms with Gasteiger partial charge in [-0.15, -0.1) is 10.2 Å². The second-order valence-electron chi connectivity index (χ2n) is 3.42. The molecule has 0 aliphatic heterocycles. The largest absolute Gasteiger partial charge is 0.465 e. The van der Waals surface area contributed by atoms with E-state index in [1.54, 1.807) is 30.3 Å². The zero-order valence-electron chi connectivity index (χ0n) is 9.25. The molecule has 0 aliphatic carbocycles. The van der Waals surface area contributed by atoms with Crippen LogP contribution in [0.15, 0.2) is 36.4 Å². The smallest absolute Gasteiger partial charge is 0.337 e. The van der Waals surface area contributed by atoms with Crippen molar-refractivity contribution in [3.05, 3.63) is 42.0 Å². The summed E-state index contributed by atoms with van der Waals surface area (Å²) in [7, 11) is 1.35. The molecule has 0 spiro atoms. The van der Waals surface area contributed by atoms with E-state index >= 15 is 0 Å². The molecule has 17 heavy (non-hydrogen) atoms. The van der Waals surface area contributed by atoms with Crippen LogP contribution in [0, 0.1) is 0 Å². The molecule has 1 aromatic carbocycles. The Balaban J connectivity index is 2.39. The molecule has 86 valence electrons. The summed E-state index contributed by atoms with van der Waals surface area (Å²) in [5.74, 6) is -0.0203. The minimum atomic E-state index is -0.379. The molecule has 0 saturated carbocycles. The summed E-state index contributed by atoms with van der Waals surface area (Å²) in [6.45, 7) is 0. The number of hydrogen-bond acceptors (Lipinski definition) is 5. The Kier molecular flexibility index (Phi) is 3.00. The molecule has 0 atom stereocenters. The van der Waals surface area contributed by atoms with Gasteiger partial charge in [-0.25, -0.2) is 4.79 Å². The van der Waals surface area contributed by atoms with Gasteiger partial charge in [-0.05, 0) is 24.3 Å².